The predicted molar refractivity (Wildman–Crippen MR) is 67.0 cm³/mol. The Hall–Kier alpha value is -0.780. The molecule has 1 unspecified atom stereocenters. The second kappa shape index (κ2) is 5.25. The molecular weight excluding hydrogens is 310 g/mol. The zero-order valence-corrected chi connectivity index (χ0v) is 11.1. The minimum atomic E-state index is -1.18. The highest BCUT2D eigenvalue weighted by Crippen LogP contribution is 2.29. The number of aliphatic hydroxyl groups is 1. The van der Waals surface area contributed by atoms with Crippen LogP contribution in [0.4, 0.5) is 8.78 Å². The number of benzene rings is 1. The van der Waals surface area contributed by atoms with Crippen LogP contribution in [0.2, 0.25) is 0 Å². The van der Waals surface area contributed by atoms with Crippen molar-refractivity contribution in [1.82, 2.24) is 0 Å². The first-order valence-electron chi connectivity index (χ1n) is 4.92. The molecule has 1 heterocycles. The molecule has 0 amide bonds. The third-order valence-corrected chi connectivity index (χ3v) is 3.77. The fourth-order valence-corrected chi connectivity index (χ4v) is 2.61. The molecule has 2 rings (SSSR count). The molecule has 0 aliphatic heterocycles. The van der Waals surface area contributed by atoms with Gasteiger partial charge in [-0.25, -0.2) is 8.78 Å². The number of rotatable bonds is 3. The van der Waals surface area contributed by atoms with E-state index in [1.807, 2.05) is 16.8 Å². The van der Waals surface area contributed by atoms with Gasteiger partial charge in [0.25, 0.3) is 0 Å². The monoisotopic (exact) mass is 318 g/mol. The number of hydrogen-bond acceptors (Lipinski definition) is 2. The van der Waals surface area contributed by atoms with Crippen LogP contribution in [0.25, 0.3) is 0 Å². The Morgan fingerprint density at radius 1 is 1.29 bits per heavy atom. The molecule has 0 spiro atoms. The second-order valence-electron chi connectivity index (χ2n) is 3.61. The quantitative estimate of drug-likeness (QED) is 0.846. The summed E-state index contributed by atoms with van der Waals surface area (Å²) in [7, 11) is 0. The number of thiophene rings is 1. The molecule has 0 aliphatic rings. The van der Waals surface area contributed by atoms with Crippen LogP contribution in [0.15, 0.2) is 33.4 Å². The lowest BCUT2D eigenvalue weighted by atomic mass is 10.0. The van der Waals surface area contributed by atoms with Gasteiger partial charge >= 0.3 is 0 Å². The maximum absolute atomic E-state index is 13.7. The van der Waals surface area contributed by atoms with Gasteiger partial charge < -0.3 is 5.11 Å². The summed E-state index contributed by atoms with van der Waals surface area (Å²) < 4.78 is 27.3. The third kappa shape index (κ3) is 2.73. The highest BCUT2D eigenvalue weighted by Gasteiger charge is 2.20. The van der Waals surface area contributed by atoms with Gasteiger partial charge in [-0.3, -0.25) is 0 Å². The molecule has 90 valence electrons. The normalized spacial score (nSPS) is 12.7. The standard InChI is InChI=1S/C12H9BrF2OS/c13-8-1-2-9(14)11(12(8)15)10(16)5-7-3-4-17-6-7/h1-4,6,10,16H,5H2. The summed E-state index contributed by atoms with van der Waals surface area (Å²) in [5.41, 5.74) is 0.576. The van der Waals surface area contributed by atoms with Crippen LogP contribution < -0.4 is 0 Å². The van der Waals surface area contributed by atoms with Gasteiger partial charge in [0, 0.05) is 6.42 Å². The summed E-state index contributed by atoms with van der Waals surface area (Å²) in [6.07, 6.45) is -0.976. The number of aliphatic hydroxyl groups excluding tert-OH is 1. The van der Waals surface area contributed by atoms with Crippen molar-refractivity contribution in [1.29, 1.82) is 0 Å². The summed E-state index contributed by atoms with van der Waals surface area (Å²) >= 11 is 4.46. The molecule has 0 bridgehead atoms. The van der Waals surface area contributed by atoms with Crippen molar-refractivity contribution in [3.63, 3.8) is 0 Å². The van der Waals surface area contributed by atoms with Gasteiger partial charge in [-0.15, -0.1) is 0 Å². The maximum atomic E-state index is 13.7. The molecule has 5 heteroatoms. The Morgan fingerprint density at radius 3 is 2.71 bits per heavy atom. The smallest absolute Gasteiger partial charge is 0.146 e. The van der Waals surface area contributed by atoms with Crippen LogP contribution in [0, 0.1) is 11.6 Å². The molecule has 2 aromatic rings. The van der Waals surface area contributed by atoms with E-state index in [9.17, 15) is 13.9 Å². The van der Waals surface area contributed by atoms with E-state index in [0.717, 1.165) is 11.6 Å². The molecule has 1 aromatic heterocycles. The van der Waals surface area contributed by atoms with E-state index < -0.39 is 17.7 Å². The maximum Gasteiger partial charge on any atom is 0.146 e. The van der Waals surface area contributed by atoms with Crippen LogP contribution in [0.3, 0.4) is 0 Å². The van der Waals surface area contributed by atoms with Crippen molar-refractivity contribution in [2.45, 2.75) is 12.5 Å². The van der Waals surface area contributed by atoms with Gasteiger partial charge in [0.05, 0.1) is 16.1 Å². The Labute approximate surface area is 110 Å². The second-order valence-corrected chi connectivity index (χ2v) is 5.24. The lowest BCUT2D eigenvalue weighted by molar-refractivity contribution is 0.168. The first-order valence-corrected chi connectivity index (χ1v) is 6.65. The Morgan fingerprint density at radius 2 is 2.06 bits per heavy atom. The zero-order valence-electron chi connectivity index (χ0n) is 8.66. The van der Waals surface area contributed by atoms with E-state index in [0.29, 0.717) is 0 Å². The van der Waals surface area contributed by atoms with Gasteiger partial charge in [-0.05, 0) is 50.5 Å². The zero-order chi connectivity index (χ0) is 12.4. The fraction of sp³-hybridized carbons (Fsp3) is 0.167. The highest BCUT2D eigenvalue weighted by molar-refractivity contribution is 9.10. The minimum Gasteiger partial charge on any atom is -0.388 e. The molecule has 0 aliphatic carbocycles. The lowest BCUT2D eigenvalue weighted by Gasteiger charge is -2.13. The van der Waals surface area contributed by atoms with Crippen molar-refractivity contribution in [2.24, 2.45) is 0 Å². The highest BCUT2D eigenvalue weighted by atomic mass is 79.9. The summed E-state index contributed by atoms with van der Waals surface area (Å²) in [4.78, 5) is 0. The molecule has 1 atom stereocenters. The SMILES string of the molecule is OC(Cc1ccsc1)c1c(F)ccc(Br)c1F. The average Bonchev–Trinajstić information content (AvgIpc) is 2.77. The van der Waals surface area contributed by atoms with E-state index in [1.54, 1.807) is 0 Å². The molecular formula is C12H9BrF2OS. The fourth-order valence-electron chi connectivity index (χ4n) is 1.58. The largest absolute Gasteiger partial charge is 0.388 e. The molecule has 1 N–H and O–H groups in total. The van der Waals surface area contributed by atoms with Crippen LogP contribution in [-0.4, -0.2) is 5.11 Å². The summed E-state index contributed by atoms with van der Waals surface area (Å²) in [6, 6.07) is 4.24. The molecule has 0 radical (unpaired) electrons. The summed E-state index contributed by atoms with van der Waals surface area (Å²) in [6.45, 7) is 0. The Bertz CT molecular complexity index is 513. The molecule has 1 nitrogen and oxygen atoms in total. The van der Waals surface area contributed by atoms with E-state index in [1.165, 1.54) is 17.4 Å². The minimum absolute atomic E-state index is 0.151. The predicted octanol–water partition coefficient (Wildman–Crippen LogP) is 4.06. The van der Waals surface area contributed by atoms with Gasteiger partial charge in [-0.2, -0.15) is 11.3 Å². The molecule has 0 saturated heterocycles. The van der Waals surface area contributed by atoms with Crippen LogP contribution in [-0.2, 0) is 6.42 Å². The molecule has 17 heavy (non-hydrogen) atoms. The van der Waals surface area contributed by atoms with Gasteiger partial charge in [0.15, 0.2) is 0 Å². The van der Waals surface area contributed by atoms with Crippen LogP contribution in [0.1, 0.15) is 17.2 Å². The van der Waals surface area contributed by atoms with Crippen molar-refractivity contribution >= 4 is 27.3 Å². The number of halogens is 3. The van der Waals surface area contributed by atoms with Crippen molar-refractivity contribution in [2.75, 3.05) is 0 Å². The average molecular weight is 319 g/mol. The van der Waals surface area contributed by atoms with Gasteiger partial charge in [-0.1, -0.05) is 0 Å². The first kappa shape index (κ1) is 12.7. The van der Waals surface area contributed by atoms with E-state index in [-0.39, 0.29) is 16.5 Å². The third-order valence-electron chi connectivity index (χ3n) is 2.42. The van der Waals surface area contributed by atoms with Crippen molar-refractivity contribution in [3.05, 3.63) is 56.2 Å². The van der Waals surface area contributed by atoms with Gasteiger partial charge in [0.1, 0.15) is 11.6 Å². The van der Waals surface area contributed by atoms with E-state index in [4.69, 9.17) is 0 Å². The van der Waals surface area contributed by atoms with Crippen LogP contribution in [0.5, 0.6) is 0 Å². The topological polar surface area (TPSA) is 20.2 Å². The molecule has 1 aromatic carbocycles. The Balaban J connectivity index is 2.30. The lowest BCUT2D eigenvalue weighted by Crippen LogP contribution is -2.07. The van der Waals surface area contributed by atoms with Gasteiger partial charge in [0.2, 0.25) is 0 Å². The van der Waals surface area contributed by atoms with Crippen molar-refractivity contribution in [3.8, 4) is 0 Å². The summed E-state index contributed by atoms with van der Waals surface area (Å²) in [5.74, 6) is -1.47. The van der Waals surface area contributed by atoms with E-state index >= 15 is 0 Å². The molecule has 0 fully saturated rings. The van der Waals surface area contributed by atoms with Crippen LogP contribution >= 0.6 is 27.3 Å². The van der Waals surface area contributed by atoms with Crippen molar-refractivity contribution < 1.29 is 13.9 Å². The Kier molecular flexibility index (Phi) is 3.91. The number of hydrogen-bond donors (Lipinski definition) is 1. The van der Waals surface area contributed by atoms with E-state index in [2.05, 4.69) is 15.9 Å². The summed E-state index contributed by atoms with van der Waals surface area (Å²) in [5, 5.41) is 13.6. The molecule has 0 saturated carbocycles. The first-order chi connectivity index (χ1) is 8.09.